The van der Waals surface area contributed by atoms with E-state index in [4.69, 9.17) is 5.73 Å². The first kappa shape index (κ1) is 26.7. The predicted octanol–water partition coefficient (Wildman–Crippen LogP) is 3.55. The van der Waals surface area contributed by atoms with Gasteiger partial charge in [0.25, 0.3) is 0 Å². The Kier molecular flexibility index (Phi) is 7.05. The van der Waals surface area contributed by atoms with Crippen LogP contribution in [0.1, 0.15) is 35.7 Å². The van der Waals surface area contributed by atoms with Crippen molar-refractivity contribution in [1.29, 1.82) is 0 Å². The third-order valence-electron chi connectivity index (χ3n) is 7.56. The second-order valence-corrected chi connectivity index (χ2v) is 10.1. The number of carbonyl (C=O) groups excluding carboxylic acids is 1. The van der Waals surface area contributed by atoms with Crippen molar-refractivity contribution in [2.75, 3.05) is 33.2 Å². The molecule has 1 amide bonds. The van der Waals surface area contributed by atoms with E-state index < -0.39 is 23.1 Å². The fraction of sp³-hybridized carbons (Fsp3) is 0.345. The van der Waals surface area contributed by atoms with Gasteiger partial charge in [0.05, 0.1) is 17.2 Å². The van der Waals surface area contributed by atoms with Gasteiger partial charge in [-0.15, -0.1) is 0 Å². The first-order valence-corrected chi connectivity index (χ1v) is 12.7. The van der Waals surface area contributed by atoms with Crippen LogP contribution in [0.5, 0.6) is 0 Å². The molecule has 3 heterocycles. The molecule has 1 aromatic carbocycles. The van der Waals surface area contributed by atoms with E-state index in [-0.39, 0.29) is 18.5 Å². The monoisotopic (exact) mass is 534 g/mol. The Hall–Kier alpha value is -3.94. The van der Waals surface area contributed by atoms with Crippen LogP contribution in [-0.2, 0) is 22.9 Å². The van der Waals surface area contributed by atoms with Crippen molar-refractivity contribution in [1.82, 2.24) is 24.4 Å². The molecule has 1 aliphatic carbocycles. The number of piperazine rings is 1. The number of likely N-dealkylation sites (N-methyl/N-ethyl adjacent to an activating group) is 1. The van der Waals surface area contributed by atoms with Gasteiger partial charge in [-0.05, 0) is 49.2 Å². The number of halogens is 3. The number of imidazole rings is 1. The number of alkyl halides is 3. The molecule has 5 rings (SSSR count). The van der Waals surface area contributed by atoms with Crippen LogP contribution in [0.4, 0.5) is 13.2 Å². The minimum absolute atomic E-state index is 0.0525. The van der Waals surface area contributed by atoms with Gasteiger partial charge in [-0.2, -0.15) is 18.3 Å². The van der Waals surface area contributed by atoms with Crippen LogP contribution >= 0.6 is 0 Å². The standard InChI is InChI=1S/C29H29F3N6O/c1-20-5-6-21(27(33)39)17-28(20,10-9-24-18-34-26-4-3-11-35-38(24)26)23-8-7-22(25(16-23)29(30,31)32)19-37-14-12-36(2)13-15-37/h3-8,11,16,18H,12-15,17,19H2,1-2H3,(H2,33,39). The van der Waals surface area contributed by atoms with Crippen LogP contribution in [0.2, 0.25) is 0 Å². The topological polar surface area (TPSA) is 79.8 Å². The van der Waals surface area contributed by atoms with E-state index in [9.17, 15) is 18.0 Å². The summed E-state index contributed by atoms with van der Waals surface area (Å²) in [5, 5.41) is 4.28. The summed E-state index contributed by atoms with van der Waals surface area (Å²) >= 11 is 0. The van der Waals surface area contributed by atoms with Crippen LogP contribution in [0.3, 0.4) is 0 Å². The zero-order chi connectivity index (χ0) is 27.8. The number of primary amides is 1. The van der Waals surface area contributed by atoms with E-state index in [0.29, 0.717) is 41.1 Å². The number of nitrogens with zero attached hydrogens (tertiary/aromatic N) is 5. The number of fused-ring (bicyclic) bond motifs is 1. The molecule has 1 aliphatic heterocycles. The zero-order valence-corrected chi connectivity index (χ0v) is 21.8. The lowest BCUT2D eigenvalue weighted by Gasteiger charge is -2.35. The van der Waals surface area contributed by atoms with Crippen LogP contribution < -0.4 is 5.73 Å². The maximum Gasteiger partial charge on any atom is 0.416 e. The van der Waals surface area contributed by atoms with E-state index in [2.05, 4.69) is 26.8 Å². The molecule has 1 atom stereocenters. The van der Waals surface area contributed by atoms with E-state index in [1.165, 1.54) is 6.07 Å². The molecular weight excluding hydrogens is 505 g/mol. The van der Waals surface area contributed by atoms with Gasteiger partial charge in [0, 0.05) is 50.9 Å². The predicted molar refractivity (Wildman–Crippen MR) is 141 cm³/mol. The van der Waals surface area contributed by atoms with Crippen LogP contribution in [-0.4, -0.2) is 63.5 Å². The lowest BCUT2D eigenvalue weighted by molar-refractivity contribution is -0.138. The van der Waals surface area contributed by atoms with Crippen molar-refractivity contribution >= 4 is 11.6 Å². The fourth-order valence-corrected chi connectivity index (χ4v) is 5.14. The Morgan fingerprint density at radius 1 is 1.15 bits per heavy atom. The summed E-state index contributed by atoms with van der Waals surface area (Å²) in [5.41, 5.74) is 6.37. The van der Waals surface area contributed by atoms with Crippen molar-refractivity contribution in [2.45, 2.75) is 31.5 Å². The summed E-state index contributed by atoms with van der Waals surface area (Å²) in [6.45, 7) is 5.03. The van der Waals surface area contributed by atoms with Gasteiger partial charge >= 0.3 is 6.18 Å². The van der Waals surface area contributed by atoms with Gasteiger partial charge < -0.3 is 10.6 Å². The Morgan fingerprint density at radius 3 is 2.64 bits per heavy atom. The largest absolute Gasteiger partial charge is 0.416 e. The summed E-state index contributed by atoms with van der Waals surface area (Å²) < 4.78 is 44.9. The molecular formula is C29H29F3N6O. The van der Waals surface area contributed by atoms with Gasteiger partial charge in [-0.25, -0.2) is 9.50 Å². The van der Waals surface area contributed by atoms with Crippen molar-refractivity contribution in [3.05, 3.63) is 88.4 Å². The van der Waals surface area contributed by atoms with E-state index in [0.717, 1.165) is 13.1 Å². The second-order valence-electron chi connectivity index (χ2n) is 10.1. The lowest BCUT2D eigenvalue weighted by atomic mass is 9.68. The van der Waals surface area contributed by atoms with Crippen molar-refractivity contribution < 1.29 is 18.0 Å². The number of allylic oxidation sites excluding steroid dienone is 3. The Balaban J connectivity index is 1.62. The molecule has 7 nitrogen and oxygen atoms in total. The highest BCUT2D eigenvalue weighted by Crippen LogP contribution is 2.43. The maximum atomic E-state index is 14.4. The number of nitrogens with two attached hydrogens (primary N) is 1. The molecule has 1 saturated heterocycles. The molecule has 10 heteroatoms. The second kappa shape index (κ2) is 10.3. The average molecular weight is 535 g/mol. The highest BCUT2D eigenvalue weighted by Gasteiger charge is 2.40. The fourth-order valence-electron chi connectivity index (χ4n) is 5.14. The van der Waals surface area contributed by atoms with Crippen LogP contribution in [0.15, 0.2) is 66.0 Å². The minimum Gasteiger partial charge on any atom is -0.366 e. The summed E-state index contributed by atoms with van der Waals surface area (Å²) in [6, 6.07) is 7.96. The highest BCUT2D eigenvalue weighted by molar-refractivity contribution is 5.93. The smallest absolute Gasteiger partial charge is 0.366 e. The molecule has 0 saturated carbocycles. The number of benzene rings is 1. The highest BCUT2D eigenvalue weighted by atomic mass is 19.4. The summed E-state index contributed by atoms with van der Waals surface area (Å²) in [6.07, 6.45) is 1.97. The molecule has 3 aromatic rings. The van der Waals surface area contributed by atoms with Gasteiger partial charge in [-0.1, -0.05) is 35.8 Å². The number of hydrogen-bond acceptors (Lipinski definition) is 5. The van der Waals surface area contributed by atoms with Crippen LogP contribution in [0.25, 0.3) is 5.65 Å². The molecule has 39 heavy (non-hydrogen) atoms. The lowest BCUT2D eigenvalue weighted by Crippen LogP contribution is -2.44. The molecule has 2 N–H and O–H groups in total. The Labute approximate surface area is 224 Å². The molecule has 2 aliphatic rings. The van der Waals surface area contributed by atoms with Gasteiger partial charge in [0.2, 0.25) is 5.91 Å². The Bertz CT molecular complexity index is 1540. The molecule has 1 fully saturated rings. The van der Waals surface area contributed by atoms with E-state index in [1.54, 1.807) is 60.3 Å². The minimum atomic E-state index is -4.56. The van der Waals surface area contributed by atoms with Crippen molar-refractivity contribution in [2.24, 2.45) is 5.73 Å². The molecule has 0 radical (unpaired) electrons. The first-order chi connectivity index (χ1) is 18.6. The number of carbonyl (C=O) groups is 1. The van der Waals surface area contributed by atoms with E-state index in [1.807, 2.05) is 11.9 Å². The van der Waals surface area contributed by atoms with Gasteiger partial charge in [-0.3, -0.25) is 9.69 Å². The summed E-state index contributed by atoms with van der Waals surface area (Å²) in [5.74, 6) is 5.66. The average Bonchev–Trinajstić information content (AvgIpc) is 3.32. The number of rotatable bonds is 4. The molecule has 202 valence electrons. The third-order valence-corrected chi connectivity index (χ3v) is 7.56. The normalized spacial score (nSPS) is 20.7. The van der Waals surface area contributed by atoms with Crippen LogP contribution in [0, 0.1) is 11.8 Å². The summed E-state index contributed by atoms with van der Waals surface area (Å²) in [7, 11) is 2.01. The van der Waals surface area contributed by atoms with E-state index >= 15 is 0 Å². The quantitative estimate of drug-likeness (QED) is 0.518. The third kappa shape index (κ3) is 5.33. The zero-order valence-electron chi connectivity index (χ0n) is 21.8. The molecule has 0 spiro atoms. The number of amides is 1. The molecule has 2 aromatic heterocycles. The van der Waals surface area contributed by atoms with Crippen molar-refractivity contribution in [3.8, 4) is 11.8 Å². The number of hydrogen-bond donors (Lipinski definition) is 1. The maximum absolute atomic E-state index is 14.4. The molecule has 0 bridgehead atoms. The molecule has 1 unspecified atom stereocenters. The Morgan fingerprint density at radius 2 is 1.92 bits per heavy atom. The first-order valence-electron chi connectivity index (χ1n) is 12.7. The van der Waals surface area contributed by atoms with Gasteiger partial charge in [0.15, 0.2) is 5.65 Å². The summed E-state index contributed by atoms with van der Waals surface area (Å²) in [4.78, 5) is 20.7. The van der Waals surface area contributed by atoms with Gasteiger partial charge in [0.1, 0.15) is 5.69 Å². The SMILES string of the molecule is CC1=CC=C(C(N)=O)CC1(C#Cc1cnc2cccnn12)c1ccc(CN2CCN(C)CC2)c(C(F)(F)F)c1. The van der Waals surface area contributed by atoms with Crippen molar-refractivity contribution in [3.63, 3.8) is 0 Å². The number of aromatic nitrogens is 3.